The van der Waals surface area contributed by atoms with Crippen LogP contribution in [0.5, 0.6) is 0 Å². The summed E-state index contributed by atoms with van der Waals surface area (Å²) in [4.78, 5) is 11.2. The lowest BCUT2D eigenvalue weighted by atomic mass is 10.2. The molecule has 4 N–H and O–H groups in total. The minimum atomic E-state index is -0.410. The minimum Gasteiger partial charge on any atom is -0.351 e. The van der Waals surface area contributed by atoms with Crippen LogP contribution in [0.4, 0.5) is 0 Å². The van der Waals surface area contributed by atoms with E-state index in [2.05, 4.69) is 15.5 Å². The molecule has 5 heteroatoms. The summed E-state index contributed by atoms with van der Waals surface area (Å²) >= 11 is 0. The van der Waals surface area contributed by atoms with E-state index in [9.17, 15) is 4.79 Å². The van der Waals surface area contributed by atoms with Crippen molar-refractivity contribution in [2.24, 2.45) is 5.73 Å². The van der Waals surface area contributed by atoms with Crippen molar-refractivity contribution < 1.29 is 4.79 Å². The molecular formula is C8H14N4O. The zero-order valence-electron chi connectivity index (χ0n) is 7.58. The second-order valence-corrected chi connectivity index (χ2v) is 2.84. The van der Waals surface area contributed by atoms with Gasteiger partial charge in [-0.3, -0.25) is 9.89 Å². The van der Waals surface area contributed by atoms with Crippen LogP contribution >= 0.6 is 0 Å². The summed E-state index contributed by atoms with van der Waals surface area (Å²) in [5, 5.41) is 9.13. The molecule has 0 aromatic carbocycles. The van der Waals surface area contributed by atoms with E-state index in [1.165, 1.54) is 0 Å². The number of amides is 1. The van der Waals surface area contributed by atoms with Gasteiger partial charge >= 0.3 is 0 Å². The highest BCUT2D eigenvalue weighted by Gasteiger charge is 2.09. The van der Waals surface area contributed by atoms with Crippen LogP contribution in [0.3, 0.4) is 0 Å². The van der Waals surface area contributed by atoms with Crippen LogP contribution in [-0.4, -0.2) is 22.1 Å². The molecule has 0 spiro atoms. The van der Waals surface area contributed by atoms with Gasteiger partial charge < -0.3 is 11.1 Å². The smallest absolute Gasteiger partial charge is 0.237 e. The molecule has 1 heterocycles. The maximum absolute atomic E-state index is 11.2. The summed E-state index contributed by atoms with van der Waals surface area (Å²) in [6.45, 7) is 2.35. The molecule has 0 bridgehead atoms. The number of aromatic nitrogens is 2. The Kier molecular flexibility index (Phi) is 3.45. The fourth-order valence-electron chi connectivity index (χ4n) is 0.880. The van der Waals surface area contributed by atoms with Gasteiger partial charge in [0, 0.05) is 18.3 Å². The van der Waals surface area contributed by atoms with Crippen LogP contribution in [0.1, 0.15) is 18.9 Å². The van der Waals surface area contributed by atoms with Gasteiger partial charge in [-0.2, -0.15) is 5.10 Å². The molecule has 0 saturated heterocycles. The van der Waals surface area contributed by atoms with Gasteiger partial charge in [-0.25, -0.2) is 0 Å². The summed E-state index contributed by atoms with van der Waals surface area (Å²) in [6.07, 6.45) is 4.05. The number of H-pyrrole nitrogens is 1. The Hall–Kier alpha value is -1.36. The molecule has 1 aromatic rings. The maximum Gasteiger partial charge on any atom is 0.237 e. The van der Waals surface area contributed by atoms with E-state index < -0.39 is 6.04 Å². The average molecular weight is 182 g/mol. The molecule has 0 aliphatic heterocycles. The van der Waals surface area contributed by atoms with Crippen molar-refractivity contribution in [3.05, 3.63) is 18.0 Å². The molecule has 13 heavy (non-hydrogen) atoms. The number of rotatable bonds is 4. The average Bonchev–Trinajstić information content (AvgIpc) is 2.65. The van der Waals surface area contributed by atoms with E-state index in [-0.39, 0.29) is 5.91 Å². The van der Waals surface area contributed by atoms with E-state index >= 15 is 0 Å². The highest BCUT2D eigenvalue weighted by Crippen LogP contribution is 1.93. The lowest BCUT2D eigenvalue weighted by Crippen LogP contribution is -2.39. The third-order valence-corrected chi connectivity index (χ3v) is 1.80. The maximum atomic E-state index is 11.2. The van der Waals surface area contributed by atoms with Crippen molar-refractivity contribution in [1.82, 2.24) is 15.5 Å². The van der Waals surface area contributed by atoms with E-state index in [1.54, 1.807) is 12.4 Å². The molecular weight excluding hydrogens is 168 g/mol. The van der Waals surface area contributed by atoms with Gasteiger partial charge in [-0.15, -0.1) is 0 Å². The molecule has 5 nitrogen and oxygen atoms in total. The first-order chi connectivity index (χ1) is 6.24. The standard InChI is InChI=1S/C8H14N4O/c1-2-7(9)8(13)10-3-6-4-11-12-5-6/h4-5,7H,2-3,9H2,1H3,(H,10,13)(H,11,12). The molecule has 1 unspecified atom stereocenters. The molecule has 0 radical (unpaired) electrons. The Morgan fingerprint density at radius 2 is 2.62 bits per heavy atom. The second kappa shape index (κ2) is 4.61. The Morgan fingerprint density at radius 3 is 3.15 bits per heavy atom. The number of aromatic amines is 1. The summed E-state index contributed by atoms with van der Waals surface area (Å²) in [7, 11) is 0. The fourth-order valence-corrected chi connectivity index (χ4v) is 0.880. The number of nitrogens with one attached hydrogen (secondary N) is 2. The van der Waals surface area contributed by atoms with Gasteiger partial charge in [0.05, 0.1) is 12.2 Å². The highest BCUT2D eigenvalue weighted by atomic mass is 16.2. The van der Waals surface area contributed by atoms with E-state index in [0.29, 0.717) is 13.0 Å². The summed E-state index contributed by atoms with van der Waals surface area (Å²) in [5.41, 5.74) is 6.46. The quantitative estimate of drug-likeness (QED) is 0.601. The van der Waals surface area contributed by atoms with Crippen molar-refractivity contribution in [2.45, 2.75) is 25.9 Å². The van der Waals surface area contributed by atoms with Gasteiger partial charge in [0.1, 0.15) is 0 Å². The summed E-state index contributed by atoms with van der Waals surface area (Å²) < 4.78 is 0. The van der Waals surface area contributed by atoms with Crippen LogP contribution in [0.25, 0.3) is 0 Å². The normalized spacial score (nSPS) is 12.5. The van der Waals surface area contributed by atoms with Crippen LogP contribution in [0.2, 0.25) is 0 Å². The van der Waals surface area contributed by atoms with Crippen LogP contribution in [-0.2, 0) is 11.3 Å². The Morgan fingerprint density at radius 1 is 1.85 bits per heavy atom. The number of hydrogen-bond donors (Lipinski definition) is 3. The van der Waals surface area contributed by atoms with E-state index in [0.717, 1.165) is 5.56 Å². The monoisotopic (exact) mass is 182 g/mol. The minimum absolute atomic E-state index is 0.122. The molecule has 0 aliphatic rings. The zero-order valence-corrected chi connectivity index (χ0v) is 7.58. The molecule has 0 aliphatic carbocycles. The van der Waals surface area contributed by atoms with E-state index in [4.69, 9.17) is 5.73 Å². The Labute approximate surface area is 76.7 Å². The first-order valence-electron chi connectivity index (χ1n) is 4.25. The van der Waals surface area contributed by atoms with Crippen molar-refractivity contribution in [2.75, 3.05) is 0 Å². The number of carbonyl (C=O) groups excluding carboxylic acids is 1. The van der Waals surface area contributed by atoms with E-state index in [1.807, 2.05) is 6.92 Å². The lowest BCUT2D eigenvalue weighted by molar-refractivity contribution is -0.122. The third kappa shape index (κ3) is 2.87. The zero-order chi connectivity index (χ0) is 9.68. The van der Waals surface area contributed by atoms with Crippen molar-refractivity contribution in [1.29, 1.82) is 0 Å². The number of carbonyl (C=O) groups is 1. The predicted molar refractivity (Wildman–Crippen MR) is 48.7 cm³/mol. The van der Waals surface area contributed by atoms with Gasteiger partial charge in [0.15, 0.2) is 0 Å². The summed E-state index contributed by atoms with van der Waals surface area (Å²) in [6, 6.07) is -0.410. The molecule has 0 saturated carbocycles. The van der Waals surface area contributed by atoms with Crippen LogP contribution in [0.15, 0.2) is 12.4 Å². The topological polar surface area (TPSA) is 83.8 Å². The number of hydrogen-bond acceptors (Lipinski definition) is 3. The largest absolute Gasteiger partial charge is 0.351 e. The predicted octanol–water partition coefficient (Wildman–Crippen LogP) is -0.237. The first kappa shape index (κ1) is 9.73. The van der Waals surface area contributed by atoms with Crippen LogP contribution < -0.4 is 11.1 Å². The second-order valence-electron chi connectivity index (χ2n) is 2.84. The van der Waals surface area contributed by atoms with Gasteiger partial charge in [-0.05, 0) is 6.42 Å². The summed E-state index contributed by atoms with van der Waals surface area (Å²) in [5.74, 6) is -0.122. The van der Waals surface area contributed by atoms with Gasteiger partial charge in [-0.1, -0.05) is 6.92 Å². The lowest BCUT2D eigenvalue weighted by Gasteiger charge is -2.08. The number of nitrogens with two attached hydrogens (primary N) is 1. The third-order valence-electron chi connectivity index (χ3n) is 1.80. The molecule has 0 fully saturated rings. The van der Waals surface area contributed by atoms with Crippen molar-refractivity contribution in [3.63, 3.8) is 0 Å². The van der Waals surface area contributed by atoms with Crippen molar-refractivity contribution >= 4 is 5.91 Å². The first-order valence-corrected chi connectivity index (χ1v) is 4.25. The van der Waals surface area contributed by atoms with Gasteiger partial charge in [0.2, 0.25) is 5.91 Å². The molecule has 72 valence electrons. The fraction of sp³-hybridized carbons (Fsp3) is 0.500. The molecule has 1 atom stereocenters. The van der Waals surface area contributed by atoms with Gasteiger partial charge in [0.25, 0.3) is 0 Å². The SMILES string of the molecule is CCC(N)C(=O)NCc1cn[nH]c1. The Balaban J connectivity index is 2.31. The molecule has 1 aromatic heterocycles. The molecule has 1 amide bonds. The van der Waals surface area contributed by atoms with Crippen molar-refractivity contribution in [3.8, 4) is 0 Å². The molecule has 1 rings (SSSR count). The van der Waals surface area contributed by atoms with Crippen LogP contribution in [0, 0.1) is 0 Å². The Bertz CT molecular complexity index is 257. The number of nitrogens with zero attached hydrogens (tertiary/aromatic N) is 1. The highest BCUT2D eigenvalue weighted by molar-refractivity contribution is 5.81.